The van der Waals surface area contributed by atoms with Crippen LogP contribution < -0.4 is 5.32 Å². The molecule has 0 aromatic carbocycles. The van der Waals surface area contributed by atoms with E-state index in [4.69, 9.17) is 0 Å². The fourth-order valence-electron chi connectivity index (χ4n) is 1.44. The maximum absolute atomic E-state index is 11.8. The van der Waals surface area contributed by atoms with Crippen LogP contribution in [0.15, 0.2) is 6.33 Å². The van der Waals surface area contributed by atoms with Crippen molar-refractivity contribution in [1.82, 2.24) is 25.0 Å². The third-order valence-electron chi connectivity index (χ3n) is 2.79. The van der Waals surface area contributed by atoms with Gasteiger partial charge in [0.25, 0.3) is 0 Å². The van der Waals surface area contributed by atoms with Crippen LogP contribution in [0.2, 0.25) is 0 Å². The highest BCUT2D eigenvalue weighted by atomic mass is 16.2. The predicted octanol–water partition coefficient (Wildman–Crippen LogP) is 0.333. The Morgan fingerprint density at radius 3 is 2.65 bits per heavy atom. The average Bonchev–Trinajstić information content (AvgIpc) is 2.63. The van der Waals surface area contributed by atoms with Gasteiger partial charge in [-0.1, -0.05) is 0 Å². The van der Waals surface area contributed by atoms with Gasteiger partial charge >= 0.3 is 0 Å². The van der Waals surface area contributed by atoms with Gasteiger partial charge in [0, 0.05) is 13.1 Å². The Morgan fingerprint density at radius 2 is 2.18 bits per heavy atom. The summed E-state index contributed by atoms with van der Waals surface area (Å²) < 4.78 is 1.80. The molecule has 1 amide bonds. The molecule has 0 aliphatic heterocycles. The number of carbonyl (C=O) groups is 1. The van der Waals surface area contributed by atoms with E-state index in [1.165, 1.54) is 0 Å². The average molecular weight is 239 g/mol. The minimum atomic E-state index is -0.129. The maximum atomic E-state index is 11.8. The van der Waals surface area contributed by atoms with E-state index in [1.54, 1.807) is 10.9 Å². The number of aromatic nitrogens is 3. The third-order valence-corrected chi connectivity index (χ3v) is 2.79. The van der Waals surface area contributed by atoms with Crippen LogP contribution in [0.3, 0.4) is 0 Å². The fraction of sp³-hybridized carbons (Fsp3) is 0.727. The summed E-state index contributed by atoms with van der Waals surface area (Å²) in [5, 5.41) is 10.7. The van der Waals surface area contributed by atoms with Crippen LogP contribution in [0.25, 0.3) is 0 Å². The van der Waals surface area contributed by atoms with Gasteiger partial charge < -0.3 is 9.88 Å². The molecule has 6 nitrogen and oxygen atoms in total. The second kappa shape index (κ2) is 5.77. The van der Waals surface area contributed by atoms with Crippen molar-refractivity contribution in [3.8, 4) is 0 Å². The molecule has 0 unspecified atom stereocenters. The van der Waals surface area contributed by atoms with Crippen molar-refractivity contribution in [2.45, 2.75) is 32.9 Å². The first-order valence-electron chi connectivity index (χ1n) is 5.75. The molecule has 17 heavy (non-hydrogen) atoms. The minimum Gasteiger partial charge on any atom is -0.345 e. The zero-order valence-electron chi connectivity index (χ0n) is 11.1. The lowest BCUT2D eigenvalue weighted by atomic mass is 10.3. The van der Waals surface area contributed by atoms with E-state index in [-0.39, 0.29) is 11.9 Å². The Labute approximate surface area is 102 Å². The van der Waals surface area contributed by atoms with Crippen LogP contribution in [-0.4, -0.2) is 45.2 Å². The summed E-state index contributed by atoms with van der Waals surface area (Å²) in [5.41, 5.74) is 0. The smallest absolute Gasteiger partial charge is 0.234 e. The summed E-state index contributed by atoms with van der Waals surface area (Å²) >= 11 is 0. The van der Waals surface area contributed by atoms with E-state index in [1.807, 2.05) is 25.9 Å². The van der Waals surface area contributed by atoms with Crippen LogP contribution in [-0.2, 0) is 11.8 Å². The zero-order valence-corrected chi connectivity index (χ0v) is 11.1. The molecule has 0 saturated carbocycles. The van der Waals surface area contributed by atoms with Crippen molar-refractivity contribution in [2.24, 2.45) is 7.05 Å². The van der Waals surface area contributed by atoms with Crippen LogP contribution in [0.1, 0.15) is 32.6 Å². The van der Waals surface area contributed by atoms with Gasteiger partial charge in [-0.15, -0.1) is 10.2 Å². The minimum absolute atomic E-state index is 0.00306. The number of nitrogens with zero attached hydrogens (tertiary/aromatic N) is 4. The van der Waals surface area contributed by atoms with E-state index < -0.39 is 0 Å². The van der Waals surface area contributed by atoms with E-state index in [9.17, 15) is 4.79 Å². The molecule has 0 bridgehead atoms. The highest BCUT2D eigenvalue weighted by molar-refractivity contribution is 5.78. The van der Waals surface area contributed by atoms with Gasteiger partial charge in [0.1, 0.15) is 6.33 Å². The molecule has 1 atom stereocenters. The molecule has 0 fully saturated rings. The van der Waals surface area contributed by atoms with Gasteiger partial charge in [-0.25, -0.2) is 0 Å². The number of aryl methyl sites for hydroxylation is 1. The number of amides is 1. The summed E-state index contributed by atoms with van der Waals surface area (Å²) in [4.78, 5) is 13.7. The lowest BCUT2D eigenvalue weighted by molar-refractivity contribution is -0.123. The Bertz CT molecular complexity index is 374. The highest BCUT2D eigenvalue weighted by Gasteiger charge is 2.15. The second-order valence-electron chi connectivity index (χ2n) is 4.60. The largest absolute Gasteiger partial charge is 0.345 e. The lowest BCUT2D eigenvalue weighted by Gasteiger charge is -2.21. The first kappa shape index (κ1) is 13.6. The fourth-order valence-corrected chi connectivity index (χ4v) is 1.44. The Balaban J connectivity index is 2.49. The summed E-state index contributed by atoms with van der Waals surface area (Å²) in [6.07, 6.45) is 1.62. The molecular formula is C11H21N5O. The number of hydrogen-bond acceptors (Lipinski definition) is 4. The zero-order chi connectivity index (χ0) is 13.0. The van der Waals surface area contributed by atoms with Crippen molar-refractivity contribution >= 4 is 5.91 Å². The van der Waals surface area contributed by atoms with Gasteiger partial charge in [0.15, 0.2) is 5.82 Å². The Morgan fingerprint density at radius 1 is 1.53 bits per heavy atom. The van der Waals surface area contributed by atoms with Crippen molar-refractivity contribution in [2.75, 3.05) is 13.6 Å². The normalized spacial score (nSPS) is 13.1. The van der Waals surface area contributed by atoms with Crippen molar-refractivity contribution < 1.29 is 4.79 Å². The van der Waals surface area contributed by atoms with Gasteiger partial charge in [0.2, 0.25) is 5.91 Å². The quantitative estimate of drug-likeness (QED) is 0.804. The molecule has 1 aromatic rings. The number of rotatable bonds is 5. The molecule has 0 aliphatic rings. The number of nitrogens with one attached hydrogen (secondary N) is 1. The maximum Gasteiger partial charge on any atom is 0.234 e. The molecule has 0 aliphatic carbocycles. The van der Waals surface area contributed by atoms with Gasteiger partial charge in [-0.2, -0.15) is 0 Å². The molecule has 6 heteroatoms. The van der Waals surface area contributed by atoms with Crippen LogP contribution in [0.5, 0.6) is 0 Å². The second-order valence-corrected chi connectivity index (χ2v) is 4.60. The lowest BCUT2D eigenvalue weighted by Crippen LogP contribution is -2.39. The third kappa shape index (κ3) is 3.81. The molecule has 1 aromatic heterocycles. The summed E-state index contributed by atoms with van der Waals surface area (Å²) in [5.74, 6) is 0.752. The number of carbonyl (C=O) groups excluding carboxylic acids is 1. The standard InChI is InChI=1S/C11H21N5O/c1-8(2)15(4)6-10(17)13-9(3)11-14-12-7-16(11)5/h7-9H,6H2,1-5H3,(H,13,17)/t9-/m0/s1. The number of likely N-dealkylation sites (N-methyl/N-ethyl adjacent to an activating group) is 1. The van der Waals surface area contributed by atoms with Crippen molar-refractivity contribution in [3.05, 3.63) is 12.2 Å². The topological polar surface area (TPSA) is 63.1 Å². The monoisotopic (exact) mass is 239 g/mol. The van der Waals surface area contributed by atoms with E-state index in [0.29, 0.717) is 12.6 Å². The van der Waals surface area contributed by atoms with Crippen LogP contribution >= 0.6 is 0 Å². The van der Waals surface area contributed by atoms with Gasteiger partial charge in [-0.3, -0.25) is 9.69 Å². The van der Waals surface area contributed by atoms with Crippen molar-refractivity contribution in [1.29, 1.82) is 0 Å². The number of hydrogen-bond donors (Lipinski definition) is 1. The molecule has 0 spiro atoms. The Kier molecular flexibility index (Phi) is 4.62. The van der Waals surface area contributed by atoms with Crippen molar-refractivity contribution in [3.63, 3.8) is 0 Å². The molecule has 0 radical (unpaired) electrons. The van der Waals surface area contributed by atoms with Gasteiger partial charge in [-0.05, 0) is 27.8 Å². The SMILES string of the molecule is CC(C)N(C)CC(=O)N[C@@H](C)c1nncn1C. The first-order valence-corrected chi connectivity index (χ1v) is 5.75. The van der Waals surface area contributed by atoms with E-state index >= 15 is 0 Å². The van der Waals surface area contributed by atoms with E-state index in [2.05, 4.69) is 29.4 Å². The first-order chi connectivity index (χ1) is 7.91. The Hall–Kier alpha value is -1.43. The molecule has 0 saturated heterocycles. The van der Waals surface area contributed by atoms with Crippen LogP contribution in [0, 0.1) is 0 Å². The molecular weight excluding hydrogens is 218 g/mol. The molecule has 1 N–H and O–H groups in total. The summed E-state index contributed by atoms with van der Waals surface area (Å²) in [6.45, 7) is 6.40. The van der Waals surface area contributed by atoms with E-state index in [0.717, 1.165) is 5.82 Å². The molecule has 96 valence electrons. The van der Waals surface area contributed by atoms with Crippen LogP contribution in [0.4, 0.5) is 0 Å². The summed E-state index contributed by atoms with van der Waals surface area (Å²) in [6, 6.07) is 0.224. The molecule has 1 rings (SSSR count). The summed E-state index contributed by atoms with van der Waals surface area (Å²) in [7, 11) is 3.79. The predicted molar refractivity (Wildman–Crippen MR) is 65.3 cm³/mol. The molecule has 1 heterocycles. The highest BCUT2D eigenvalue weighted by Crippen LogP contribution is 2.06. The van der Waals surface area contributed by atoms with Gasteiger partial charge in [0.05, 0.1) is 12.6 Å².